The van der Waals surface area contributed by atoms with E-state index in [9.17, 15) is 9.59 Å². The standard InChI is InChI=1S/C11H21NO4/c1-4-6-16-7-5-9(13)12-10(8(2)3)11(14)15/h8,10H,4-7H2,1-3H3,(H,12,13)(H,14,15)/t10-/m1/s1. The van der Waals surface area contributed by atoms with Crippen LogP contribution < -0.4 is 5.32 Å². The minimum atomic E-state index is -1.00. The molecule has 94 valence electrons. The third-order valence-electron chi connectivity index (χ3n) is 2.07. The van der Waals surface area contributed by atoms with Gasteiger partial charge in [0.25, 0.3) is 0 Å². The topological polar surface area (TPSA) is 75.6 Å². The van der Waals surface area contributed by atoms with E-state index in [4.69, 9.17) is 9.84 Å². The van der Waals surface area contributed by atoms with Gasteiger partial charge < -0.3 is 15.2 Å². The van der Waals surface area contributed by atoms with Gasteiger partial charge in [0.05, 0.1) is 6.61 Å². The fourth-order valence-corrected chi connectivity index (χ4v) is 1.17. The Morgan fingerprint density at radius 2 is 1.94 bits per heavy atom. The van der Waals surface area contributed by atoms with Crippen molar-refractivity contribution in [2.45, 2.75) is 39.7 Å². The van der Waals surface area contributed by atoms with Crippen LogP contribution in [0.2, 0.25) is 0 Å². The van der Waals surface area contributed by atoms with Gasteiger partial charge in [-0.2, -0.15) is 0 Å². The maximum Gasteiger partial charge on any atom is 0.326 e. The predicted octanol–water partition coefficient (Wildman–Crippen LogP) is 1.03. The van der Waals surface area contributed by atoms with Crippen molar-refractivity contribution in [3.8, 4) is 0 Å². The minimum Gasteiger partial charge on any atom is -0.480 e. The third kappa shape index (κ3) is 6.40. The summed E-state index contributed by atoms with van der Waals surface area (Å²) in [5.74, 6) is -1.41. The molecular weight excluding hydrogens is 210 g/mol. The molecule has 0 heterocycles. The van der Waals surface area contributed by atoms with Crippen molar-refractivity contribution in [2.75, 3.05) is 13.2 Å². The van der Waals surface area contributed by atoms with E-state index in [0.717, 1.165) is 6.42 Å². The number of aliphatic carboxylic acids is 1. The van der Waals surface area contributed by atoms with Crippen molar-refractivity contribution in [2.24, 2.45) is 5.92 Å². The Hall–Kier alpha value is -1.10. The monoisotopic (exact) mass is 231 g/mol. The van der Waals surface area contributed by atoms with Crippen LogP contribution in [0, 0.1) is 5.92 Å². The van der Waals surface area contributed by atoms with Crippen molar-refractivity contribution in [1.29, 1.82) is 0 Å². The molecule has 0 aromatic carbocycles. The number of hydrogen-bond acceptors (Lipinski definition) is 3. The molecule has 0 unspecified atom stereocenters. The summed E-state index contributed by atoms with van der Waals surface area (Å²) >= 11 is 0. The quantitative estimate of drug-likeness (QED) is 0.612. The SMILES string of the molecule is CCCOCCC(=O)N[C@@H](C(=O)O)C(C)C. The van der Waals surface area contributed by atoms with E-state index in [1.807, 2.05) is 6.92 Å². The number of nitrogens with one attached hydrogen (secondary N) is 1. The zero-order chi connectivity index (χ0) is 12.6. The first-order chi connectivity index (χ1) is 7.49. The van der Waals surface area contributed by atoms with Crippen LogP contribution in [-0.2, 0) is 14.3 Å². The van der Waals surface area contributed by atoms with E-state index in [2.05, 4.69) is 5.32 Å². The van der Waals surface area contributed by atoms with Crippen LogP contribution in [0.5, 0.6) is 0 Å². The van der Waals surface area contributed by atoms with Crippen LogP contribution in [-0.4, -0.2) is 36.2 Å². The van der Waals surface area contributed by atoms with Gasteiger partial charge in [0, 0.05) is 13.0 Å². The zero-order valence-corrected chi connectivity index (χ0v) is 10.2. The Morgan fingerprint density at radius 1 is 1.31 bits per heavy atom. The molecule has 0 spiro atoms. The number of carbonyl (C=O) groups is 2. The smallest absolute Gasteiger partial charge is 0.326 e. The lowest BCUT2D eigenvalue weighted by Gasteiger charge is -2.17. The molecule has 0 saturated carbocycles. The summed E-state index contributed by atoms with van der Waals surface area (Å²) < 4.78 is 5.15. The van der Waals surface area contributed by atoms with Crippen LogP contribution in [0.1, 0.15) is 33.6 Å². The van der Waals surface area contributed by atoms with Crippen molar-refractivity contribution >= 4 is 11.9 Å². The number of carbonyl (C=O) groups excluding carboxylic acids is 1. The minimum absolute atomic E-state index is 0.127. The zero-order valence-electron chi connectivity index (χ0n) is 10.2. The van der Waals surface area contributed by atoms with Gasteiger partial charge in [-0.15, -0.1) is 0 Å². The largest absolute Gasteiger partial charge is 0.480 e. The molecule has 1 atom stereocenters. The normalized spacial score (nSPS) is 12.5. The number of amides is 1. The number of carboxylic acids is 1. The number of rotatable bonds is 8. The van der Waals surface area contributed by atoms with E-state index in [1.54, 1.807) is 13.8 Å². The van der Waals surface area contributed by atoms with Crippen molar-refractivity contribution < 1.29 is 19.4 Å². The second-order valence-electron chi connectivity index (χ2n) is 3.99. The summed E-state index contributed by atoms with van der Waals surface area (Å²) in [6, 6.07) is -0.821. The van der Waals surface area contributed by atoms with Gasteiger partial charge in [0.1, 0.15) is 6.04 Å². The molecule has 0 saturated heterocycles. The maximum atomic E-state index is 11.4. The van der Waals surface area contributed by atoms with Crippen LogP contribution in [0.25, 0.3) is 0 Å². The van der Waals surface area contributed by atoms with E-state index >= 15 is 0 Å². The summed E-state index contributed by atoms with van der Waals surface area (Å²) in [5, 5.41) is 11.3. The van der Waals surface area contributed by atoms with Gasteiger partial charge in [-0.05, 0) is 12.3 Å². The predicted molar refractivity (Wildman–Crippen MR) is 60.1 cm³/mol. The van der Waals surface area contributed by atoms with E-state index in [-0.39, 0.29) is 18.2 Å². The molecule has 0 aromatic heterocycles. The number of carboxylic acid groups (broad SMARTS) is 1. The second kappa shape index (κ2) is 8.10. The van der Waals surface area contributed by atoms with Crippen molar-refractivity contribution in [3.05, 3.63) is 0 Å². The lowest BCUT2D eigenvalue weighted by Crippen LogP contribution is -2.44. The Labute approximate surface area is 96.2 Å². The average molecular weight is 231 g/mol. The van der Waals surface area contributed by atoms with Crippen LogP contribution in [0.4, 0.5) is 0 Å². The van der Waals surface area contributed by atoms with Crippen LogP contribution in [0.15, 0.2) is 0 Å². The molecule has 0 aliphatic rings. The van der Waals surface area contributed by atoms with E-state index in [0.29, 0.717) is 13.2 Å². The average Bonchev–Trinajstić information content (AvgIpc) is 2.20. The number of hydrogen-bond donors (Lipinski definition) is 2. The Balaban J connectivity index is 3.87. The molecule has 0 aliphatic carbocycles. The molecule has 5 nitrogen and oxygen atoms in total. The Morgan fingerprint density at radius 3 is 2.38 bits per heavy atom. The first kappa shape index (κ1) is 14.9. The first-order valence-corrected chi connectivity index (χ1v) is 5.59. The summed E-state index contributed by atoms with van der Waals surface area (Å²) in [5.41, 5.74) is 0. The third-order valence-corrected chi connectivity index (χ3v) is 2.07. The highest BCUT2D eigenvalue weighted by Gasteiger charge is 2.22. The van der Waals surface area contributed by atoms with Gasteiger partial charge in [-0.3, -0.25) is 4.79 Å². The molecule has 16 heavy (non-hydrogen) atoms. The van der Waals surface area contributed by atoms with Gasteiger partial charge in [0.15, 0.2) is 0 Å². The van der Waals surface area contributed by atoms with Gasteiger partial charge in [0.2, 0.25) is 5.91 Å². The lowest BCUT2D eigenvalue weighted by atomic mass is 10.0. The molecule has 1 amide bonds. The molecular formula is C11H21NO4. The van der Waals surface area contributed by atoms with E-state index in [1.165, 1.54) is 0 Å². The van der Waals surface area contributed by atoms with Crippen LogP contribution >= 0.6 is 0 Å². The molecule has 0 aromatic rings. The first-order valence-electron chi connectivity index (χ1n) is 5.59. The van der Waals surface area contributed by atoms with Gasteiger partial charge in [-0.25, -0.2) is 4.79 Å². The molecule has 0 aliphatic heterocycles. The molecule has 2 N–H and O–H groups in total. The summed E-state index contributed by atoms with van der Waals surface area (Å²) in [6.45, 7) is 6.46. The molecule has 0 radical (unpaired) electrons. The van der Waals surface area contributed by atoms with Crippen LogP contribution in [0.3, 0.4) is 0 Å². The summed E-state index contributed by atoms with van der Waals surface area (Å²) in [7, 11) is 0. The lowest BCUT2D eigenvalue weighted by molar-refractivity contribution is -0.143. The maximum absolute atomic E-state index is 11.4. The molecule has 0 fully saturated rings. The van der Waals surface area contributed by atoms with Gasteiger partial charge >= 0.3 is 5.97 Å². The van der Waals surface area contributed by atoms with Gasteiger partial charge in [-0.1, -0.05) is 20.8 Å². The molecule has 0 bridgehead atoms. The van der Waals surface area contributed by atoms with E-state index < -0.39 is 12.0 Å². The summed E-state index contributed by atoms with van der Waals surface area (Å²) in [6.07, 6.45) is 1.11. The van der Waals surface area contributed by atoms with Crippen molar-refractivity contribution in [3.63, 3.8) is 0 Å². The Bertz CT molecular complexity index is 228. The highest BCUT2D eigenvalue weighted by atomic mass is 16.5. The highest BCUT2D eigenvalue weighted by Crippen LogP contribution is 2.02. The fourth-order valence-electron chi connectivity index (χ4n) is 1.17. The molecule has 5 heteroatoms. The number of ether oxygens (including phenoxy) is 1. The fraction of sp³-hybridized carbons (Fsp3) is 0.818. The van der Waals surface area contributed by atoms with Crippen molar-refractivity contribution in [1.82, 2.24) is 5.32 Å². The highest BCUT2D eigenvalue weighted by molar-refractivity contribution is 5.83. The molecule has 0 rings (SSSR count). The Kier molecular flexibility index (Phi) is 7.54. The second-order valence-corrected chi connectivity index (χ2v) is 3.99. The summed E-state index contributed by atoms with van der Waals surface area (Å²) in [4.78, 5) is 22.2.